The largest absolute Gasteiger partial charge is 0.366 e. The number of primary amides is 1. The molecule has 0 aromatic heterocycles. The molecule has 70 valence electrons. The van der Waals surface area contributed by atoms with Crippen molar-refractivity contribution in [1.82, 2.24) is 4.90 Å². The summed E-state index contributed by atoms with van der Waals surface area (Å²) in [6.07, 6.45) is 3.79. The highest BCUT2D eigenvalue weighted by Gasteiger charge is 1.95. The van der Waals surface area contributed by atoms with Gasteiger partial charge in [0.05, 0.1) is 0 Å². The van der Waals surface area contributed by atoms with Crippen molar-refractivity contribution in [3.05, 3.63) is 11.6 Å². The molecule has 0 aliphatic heterocycles. The SMILES string of the molecule is [2H]NC(=O)C(C)=CCCCN(C)C. The van der Waals surface area contributed by atoms with Crippen LogP contribution >= 0.6 is 0 Å². The van der Waals surface area contributed by atoms with Crippen molar-refractivity contribution in [3.63, 3.8) is 0 Å². The van der Waals surface area contributed by atoms with Gasteiger partial charge >= 0.3 is 0 Å². The quantitative estimate of drug-likeness (QED) is 0.490. The summed E-state index contributed by atoms with van der Waals surface area (Å²) in [6, 6.07) is 0. The molecule has 0 aliphatic rings. The zero-order valence-electron chi connectivity index (χ0n) is 9.05. The van der Waals surface area contributed by atoms with Gasteiger partial charge in [-0.05, 0) is 40.4 Å². The van der Waals surface area contributed by atoms with E-state index in [1.165, 1.54) is 0 Å². The predicted molar refractivity (Wildman–Crippen MR) is 50.7 cm³/mol. The van der Waals surface area contributed by atoms with Gasteiger partial charge in [-0.3, -0.25) is 4.79 Å². The highest BCUT2D eigenvalue weighted by Crippen LogP contribution is 1.97. The molecule has 0 spiro atoms. The van der Waals surface area contributed by atoms with E-state index < -0.39 is 0 Å². The zero-order chi connectivity index (χ0) is 10.3. The van der Waals surface area contributed by atoms with Crippen molar-refractivity contribution >= 4 is 5.91 Å². The van der Waals surface area contributed by atoms with Gasteiger partial charge in [-0.15, -0.1) is 0 Å². The second-order valence-corrected chi connectivity index (χ2v) is 3.16. The van der Waals surface area contributed by atoms with Gasteiger partial charge in [0.1, 0.15) is 0 Å². The molecule has 2 N–H and O–H groups in total. The second-order valence-electron chi connectivity index (χ2n) is 3.16. The van der Waals surface area contributed by atoms with Crippen molar-refractivity contribution in [2.45, 2.75) is 19.8 Å². The van der Waals surface area contributed by atoms with Crippen LogP contribution in [-0.2, 0) is 4.79 Å². The molecule has 0 heterocycles. The number of amides is 1. The third-order valence-corrected chi connectivity index (χ3v) is 1.62. The van der Waals surface area contributed by atoms with E-state index in [9.17, 15) is 4.79 Å². The molecule has 0 aliphatic carbocycles. The smallest absolute Gasteiger partial charge is 0.244 e. The number of carbonyl (C=O) groups is 1. The topological polar surface area (TPSA) is 46.3 Å². The van der Waals surface area contributed by atoms with Crippen molar-refractivity contribution in [2.24, 2.45) is 5.73 Å². The number of carbonyl (C=O) groups excluding carboxylic acids is 1. The summed E-state index contributed by atoms with van der Waals surface area (Å²) < 4.78 is 6.64. The van der Waals surface area contributed by atoms with Gasteiger partial charge in [0.15, 0.2) is 1.41 Å². The van der Waals surface area contributed by atoms with E-state index in [2.05, 4.69) is 4.90 Å². The second kappa shape index (κ2) is 5.77. The molecule has 0 aromatic rings. The van der Waals surface area contributed by atoms with Crippen molar-refractivity contribution in [1.29, 1.82) is 0 Å². The minimum absolute atomic E-state index is 0.315. The number of allylic oxidation sites excluding steroid dienone is 1. The summed E-state index contributed by atoms with van der Waals surface area (Å²) in [5, 5.41) is 0. The Labute approximate surface area is 75.7 Å². The lowest BCUT2D eigenvalue weighted by atomic mass is 10.2. The highest BCUT2D eigenvalue weighted by molar-refractivity contribution is 5.91. The summed E-state index contributed by atoms with van der Waals surface area (Å²) in [6.45, 7) is 2.74. The van der Waals surface area contributed by atoms with E-state index in [0.717, 1.165) is 19.4 Å². The number of rotatable bonds is 5. The molecule has 0 saturated carbocycles. The first kappa shape index (κ1) is 9.26. The molecule has 0 unspecified atom stereocenters. The number of nitrogens with two attached hydrogens (primary N) is 1. The van der Waals surface area contributed by atoms with Crippen LogP contribution in [0.25, 0.3) is 0 Å². The molecular formula is C9H18N2O. The van der Waals surface area contributed by atoms with E-state index in [0.29, 0.717) is 5.57 Å². The highest BCUT2D eigenvalue weighted by atomic mass is 16.1. The van der Waals surface area contributed by atoms with Crippen LogP contribution < -0.4 is 5.73 Å². The summed E-state index contributed by atoms with van der Waals surface area (Å²) >= 11 is 0. The molecule has 0 bridgehead atoms. The summed E-state index contributed by atoms with van der Waals surface area (Å²) in [5.41, 5.74) is 2.47. The molecule has 0 fully saturated rings. The van der Waals surface area contributed by atoms with Crippen LogP contribution in [0.3, 0.4) is 0 Å². The molecule has 0 radical (unpaired) electrons. The third kappa shape index (κ3) is 5.92. The van der Waals surface area contributed by atoms with Crippen LogP contribution in [0.5, 0.6) is 0 Å². The average molecular weight is 171 g/mol. The molecule has 12 heavy (non-hydrogen) atoms. The van der Waals surface area contributed by atoms with Crippen LogP contribution in [0, 0.1) is 0 Å². The third-order valence-electron chi connectivity index (χ3n) is 1.62. The fourth-order valence-electron chi connectivity index (χ4n) is 0.819. The first-order chi connectivity index (χ1) is 6.07. The summed E-state index contributed by atoms with van der Waals surface area (Å²) in [7, 11) is 4.04. The standard InChI is InChI=1S/C9H18N2O/c1-8(9(10)12)6-4-5-7-11(2)3/h6H,4-5,7H2,1-3H3,(H2,10,12)/i/hD. The van der Waals surface area contributed by atoms with Crippen molar-refractivity contribution in [3.8, 4) is 0 Å². The molecular weight excluding hydrogens is 152 g/mol. The van der Waals surface area contributed by atoms with E-state index in [1.54, 1.807) is 6.92 Å². The average Bonchev–Trinajstić information content (AvgIpc) is 2.10. The van der Waals surface area contributed by atoms with Gasteiger partial charge in [-0.1, -0.05) is 6.08 Å². The number of unbranched alkanes of at least 4 members (excludes halogenated alkanes) is 1. The Morgan fingerprint density at radius 3 is 2.83 bits per heavy atom. The molecule has 0 aromatic carbocycles. The first-order valence-corrected chi connectivity index (χ1v) is 4.11. The number of nitrogens with zero attached hydrogens (tertiary/aromatic N) is 1. The van der Waals surface area contributed by atoms with E-state index >= 15 is 0 Å². The lowest BCUT2D eigenvalue weighted by Gasteiger charge is -2.06. The molecule has 1 amide bonds. The first-order valence-electron chi connectivity index (χ1n) is 4.61. The van der Waals surface area contributed by atoms with E-state index in [1.807, 2.05) is 25.9 Å². The van der Waals surface area contributed by atoms with Crippen molar-refractivity contribution < 1.29 is 6.21 Å². The van der Waals surface area contributed by atoms with Gasteiger partial charge in [-0.25, -0.2) is 0 Å². The maximum atomic E-state index is 10.9. The van der Waals surface area contributed by atoms with Crippen LogP contribution in [-0.4, -0.2) is 31.4 Å². The lowest BCUT2D eigenvalue weighted by Crippen LogP contribution is -2.13. The Kier molecular flexibility index (Phi) is 4.46. The zero-order valence-corrected chi connectivity index (χ0v) is 8.05. The molecule has 3 nitrogen and oxygen atoms in total. The number of hydrogen-bond donors (Lipinski definition) is 1. The Bertz CT molecular complexity index is 190. The van der Waals surface area contributed by atoms with Crippen LogP contribution in [0.4, 0.5) is 0 Å². The van der Waals surface area contributed by atoms with Crippen LogP contribution in [0.1, 0.15) is 19.8 Å². The summed E-state index contributed by atoms with van der Waals surface area (Å²) in [5.74, 6) is -0.315. The molecule has 3 heteroatoms. The van der Waals surface area contributed by atoms with Gasteiger partial charge in [0, 0.05) is 5.57 Å². The Hall–Kier alpha value is -0.830. The fourth-order valence-corrected chi connectivity index (χ4v) is 0.819. The van der Waals surface area contributed by atoms with E-state index in [-0.39, 0.29) is 5.91 Å². The monoisotopic (exact) mass is 171 g/mol. The van der Waals surface area contributed by atoms with Gasteiger partial charge < -0.3 is 10.6 Å². The predicted octanol–water partition coefficient (Wildman–Crippen LogP) is 0.760. The molecule has 0 atom stereocenters. The normalized spacial score (nSPS) is 13.0. The maximum Gasteiger partial charge on any atom is 0.244 e. The van der Waals surface area contributed by atoms with Gasteiger partial charge in [0.2, 0.25) is 5.91 Å². The Morgan fingerprint density at radius 1 is 1.67 bits per heavy atom. The maximum absolute atomic E-state index is 10.9. The Morgan fingerprint density at radius 2 is 2.33 bits per heavy atom. The lowest BCUT2D eigenvalue weighted by molar-refractivity contribution is -0.114. The summed E-state index contributed by atoms with van der Waals surface area (Å²) in [4.78, 5) is 13.0. The minimum Gasteiger partial charge on any atom is -0.366 e. The Balaban J connectivity index is 3.65. The van der Waals surface area contributed by atoms with Crippen LogP contribution in [0.2, 0.25) is 1.41 Å². The number of hydrogen-bond acceptors (Lipinski definition) is 2. The molecule has 0 rings (SSSR count). The molecule has 0 saturated heterocycles. The van der Waals surface area contributed by atoms with E-state index in [4.69, 9.17) is 1.41 Å². The van der Waals surface area contributed by atoms with Gasteiger partial charge in [-0.2, -0.15) is 0 Å². The van der Waals surface area contributed by atoms with Crippen LogP contribution in [0.15, 0.2) is 11.6 Å². The van der Waals surface area contributed by atoms with Gasteiger partial charge in [0.25, 0.3) is 0 Å². The fraction of sp³-hybridized carbons (Fsp3) is 0.667. The van der Waals surface area contributed by atoms with Crippen molar-refractivity contribution in [2.75, 3.05) is 20.6 Å². The minimum atomic E-state index is -0.315.